The number of nitrogens with one attached hydrogen (secondary N) is 1. The monoisotopic (exact) mass is 276 g/mol. The number of aryl methyl sites for hydroxylation is 1. The zero-order chi connectivity index (χ0) is 14.7. The molecule has 2 N–H and O–H groups in total. The largest absolute Gasteiger partial charge is 0.481 e. The van der Waals surface area contributed by atoms with Crippen LogP contribution in [-0.2, 0) is 9.59 Å². The second-order valence-corrected chi connectivity index (χ2v) is 5.42. The van der Waals surface area contributed by atoms with Crippen molar-refractivity contribution in [3.8, 4) is 0 Å². The number of amides is 1. The molecule has 1 saturated carbocycles. The van der Waals surface area contributed by atoms with Gasteiger partial charge in [-0.15, -0.1) is 0 Å². The van der Waals surface area contributed by atoms with Crippen LogP contribution in [0.25, 0.3) is 0 Å². The molecule has 1 unspecified atom stereocenters. The highest BCUT2D eigenvalue weighted by atomic mass is 16.4. The highest BCUT2D eigenvalue weighted by Gasteiger charge is 2.42. The molecule has 20 heavy (non-hydrogen) atoms. The van der Waals surface area contributed by atoms with Gasteiger partial charge in [0.1, 0.15) is 0 Å². The molecule has 0 radical (unpaired) electrons. The summed E-state index contributed by atoms with van der Waals surface area (Å²) in [5.74, 6) is -1.77. The Balaban J connectivity index is 2.11. The van der Waals surface area contributed by atoms with Crippen LogP contribution in [0.1, 0.15) is 31.9 Å². The summed E-state index contributed by atoms with van der Waals surface area (Å²) in [7, 11) is 0. The van der Waals surface area contributed by atoms with E-state index in [4.69, 9.17) is 0 Å². The van der Waals surface area contributed by atoms with Crippen molar-refractivity contribution >= 4 is 17.6 Å². The van der Waals surface area contributed by atoms with E-state index in [0.29, 0.717) is 24.4 Å². The summed E-state index contributed by atoms with van der Waals surface area (Å²) in [4.78, 5) is 27.8. The third kappa shape index (κ3) is 2.98. The zero-order valence-electron chi connectivity index (χ0n) is 11.8. The lowest BCUT2D eigenvalue weighted by Crippen LogP contribution is -2.30. The maximum Gasteiger partial charge on any atom is 0.307 e. The van der Waals surface area contributed by atoms with E-state index in [1.165, 1.54) is 0 Å². The van der Waals surface area contributed by atoms with Gasteiger partial charge in [-0.2, -0.15) is 0 Å². The SMILES string of the molecule is CCC1C[C@H](C(=O)Nc2cccnc2C)[C@H](C(=O)O)C1. The van der Waals surface area contributed by atoms with Crippen LogP contribution < -0.4 is 5.32 Å². The van der Waals surface area contributed by atoms with Gasteiger partial charge in [-0.05, 0) is 37.8 Å². The smallest absolute Gasteiger partial charge is 0.307 e. The van der Waals surface area contributed by atoms with Crippen LogP contribution in [0.2, 0.25) is 0 Å². The van der Waals surface area contributed by atoms with Crippen molar-refractivity contribution in [3.05, 3.63) is 24.0 Å². The number of pyridine rings is 1. The van der Waals surface area contributed by atoms with E-state index < -0.39 is 17.8 Å². The van der Waals surface area contributed by atoms with Crippen LogP contribution in [0.4, 0.5) is 5.69 Å². The summed E-state index contributed by atoms with van der Waals surface area (Å²) in [6.07, 6.45) is 3.82. The number of carbonyl (C=O) groups is 2. The number of hydrogen-bond donors (Lipinski definition) is 2. The number of hydrogen-bond acceptors (Lipinski definition) is 3. The van der Waals surface area contributed by atoms with Crippen LogP contribution in [0.3, 0.4) is 0 Å². The van der Waals surface area contributed by atoms with Crippen molar-refractivity contribution in [2.45, 2.75) is 33.1 Å². The summed E-state index contributed by atoms with van der Waals surface area (Å²) < 4.78 is 0. The molecule has 108 valence electrons. The van der Waals surface area contributed by atoms with Crippen molar-refractivity contribution < 1.29 is 14.7 Å². The molecule has 1 aromatic heterocycles. The molecule has 0 saturated heterocycles. The average molecular weight is 276 g/mol. The first-order valence-electron chi connectivity index (χ1n) is 6.98. The Kier molecular flexibility index (Phi) is 4.37. The standard InChI is InChI=1S/C15H20N2O3/c1-3-10-7-11(12(8-10)15(19)20)14(18)17-13-5-4-6-16-9(13)2/h4-6,10-12H,3,7-8H2,1-2H3,(H,17,18)(H,19,20)/t10?,11-,12+/m0/s1. The Bertz CT molecular complexity index is 516. The number of rotatable bonds is 4. The van der Waals surface area contributed by atoms with Crippen LogP contribution in [-0.4, -0.2) is 22.0 Å². The molecule has 1 aliphatic rings. The number of carbonyl (C=O) groups excluding carboxylic acids is 1. The first-order chi connectivity index (χ1) is 9.52. The van der Waals surface area contributed by atoms with E-state index in [1.54, 1.807) is 18.3 Å². The van der Waals surface area contributed by atoms with Crippen molar-refractivity contribution in [1.82, 2.24) is 4.98 Å². The van der Waals surface area contributed by atoms with E-state index in [-0.39, 0.29) is 5.91 Å². The molecule has 1 aliphatic carbocycles. The third-order valence-electron chi connectivity index (χ3n) is 4.16. The summed E-state index contributed by atoms with van der Waals surface area (Å²) in [5.41, 5.74) is 1.39. The van der Waals surface area contributed by atoms with E-state index in [2.05, 4.69) is 10.3 Å². The first-order valence-corrected chi connectivity index (χ1v) is 6.98. The molecule has 1 fully saturated rings. The van der Waals surface area contributed by atoms with Gasteiger partial charge in [-0.1, -0.05) is 13.3 Å². The Labute approximate surface area is 118 Å². The van der Waals surface area contributed by atoms with E-state index in [0.717, 1.165) is 12.1 Å². The molecule has 3 atom stereocenters. The number of nitrogens with zero attached hydrogens (tertiary/aromatic N) is 1. The maximum atomic E-state index is 12.3. The van der Waals surface area contributed by atoms with E-state index >= 15 is 0 Å². The van der Waals surface area contributed by atoms with Gasteiger partial charge in [0.15, 0.2) is 0 Å². The molecule has 5 heteroatoms. The van der Waals surface area contributed by atoms with Crippen molar-refractivity contribution in [2.24, 2.45) is 17.8 Å². The predicted octanol–water partition coefficient (Wildman–Crippen LogP) is 2.47. The first kappa shape index (κ1) is 14.5. The molecule has 1 aromatic rings. The van der Waals surface area contributed by atoms with Gasteiger partial charge in [-0.25, -0.2) is 0 Å². The van der Waals surface area contributed by atoms with Crippen LogP contribution in [0.15, 0.2) is 18.3 Å². The Morgan fingerprint density at radius 2 is 2.10 bits per heavy atom. The zero-order valence-corrected chi connectivity index (χ0v) is 11.8. The van der Waals surface area contributed by atoms with Gasteiger partial charge in [0.2, 0.25) is 5.91 Å². The number of anilines is 1. The maximum absolute atomic E-state index is 12.3. The fourth-order valence-corrected chi connectivity index (χ4v) is 2.88. The van der Waals surface area contributed by atoms with Gasteiger partial charge < -0.3 is 10.4 Å². The quantitative estimate of drug-likeness (QED) is 0.885. The molecule has 0 aliphatic heterocycles. The lowest BCUT2D eigenvalue weighted by atomic mass is 9.95. The van der Waals surface area contributed by atoms with Crippen LogP contribution >= 0.6 is 0 Å². The molecule has 0 aromatic carbocycles. The summed E-state index contributed by atoms with van der Waals surface area (Å²) in [6.45, 7) is 3.85. The Hall–Kier alpha value is -1.91. The van der Waals surface area contributed by atoms with Crippen LogP contribution in [0.5, 0.6) is 0 Å². The molecule has 1 heterocycles. The molecule has 2 rings (SSSR count). The fraction of sp³-hybridized carbons (Fsp3) is 0.533. The van der Waals surface area contributed by atoms with E-state index in [9.17, 15) is 14.7 Å². The summed E-state index contributed by atoms with van der Waals surface area (Å²) in [6, 6.07) is 3.53. The molecule has 1 amide bonds. The molecular formula is C15H20N2O3. The molecule has 0 bridgehead atoms. The second kappa shape index (κ2) is 6.03. The number of aromatic nitrogens is 1. The van der Waals surface area contributed by atoms with Crippen molar-refractivity contribution in [1.29, 1.82) is 0 Å². The minimum atomic E-state index is -0.871. The van der Waals surface area contributed by atoms with Gasteiger partial charge in [-0.3, -0.25) is 14.6 Å². The Morgan fingerprint density at radius 1 is 1.40 bits per heavy atom. The highest BCUT2D eigenvalue weighted by Crippen LogP contribution is 2.39. The van der Waals surface area contributed by atoms with Gasteiger partial charge in [0.05, 0.1) is 23.2 Å². The highest BCUT2D eigenvalue weighted by molar-refractivity contribution is 5.95. The number of carboxylic acid groups (broad SMARTS) is 1. The van der Waals surface area contributed by atoms with E-state index in [1.807, 2.05) is 13.8 Å². The lowest BCUT2D eigenvalue weighted by molar-refractivity contribution is -0.145. The average Bonchev–Trinajstić information content (AvgIpc) is 2.86. The minimum Gasteiger partial charge on any atom is -0.481 e. The van der Waals surface area contributed by atoms with Gasteiger partial charge in [0.25, 0.3) is 0 Å². The van der Waals surface area contributed by atoms with Crippen LogP contribution in [0, 0.1) is 24.7 Å². The lowest BCUT2D eigenvalue weighted by Gasteiger charge is -2.16. The molecular weight excluding hydrogens is 256 g/mol. The summed E-state index contributed by atoms with van der Waals surface area (Å²) in [5, 5.41) is 12.1. The topological polar surface area (TPSA) is 79.3 Å². The summed E-state index contributed by atoms with van der Waals surface area (Å²) >= 11 is 0. The van der Waals surface area contributed by atoms with Gasteiger partial charge >= 0.3 is 5.97 Å². The number of aliphatic carboxylic acids is 1. The Morgan fingerprint density at radius 3 is 2.70 bits per heavy atom. The predicted molar refractivity (Wildman–Crippen MR) is 75.2 cm³/mol. The molecule has 5 nitrogen and oxygen atoms in total. The van der Waals surface area contributed by atoms with Crippen molar-refractivity contribution in [2.75, 3.05) is 5.32 Å². The van der Waals surface area contributed by atoms with Crippen molar-refractivity contribution in [3.63, 3.8) is 0 Å². The second-order valence-electron chi connectivity index (χ2n) is 5.42. The number of carboxylic acids is 1. The minimum absolute atomic E-state index is 0.204. The molecule has 0 spiro atoms. The fourth-order valence-electron chi connectivity index (χ4n) is 2.88. The third-order valence-corrected chi connectivity index (χ3v) is 4.16. The normalized spacial score (nSPS) is 25.4. The van der Waals surface area contributed by atoms with Gasteiger partial charge in [0, 0.05) is 6.20 Å².